The number of hydrogen-bond acceptors (Lipinski definition) is 4. The van der Waals surface area contributed by atoms with Gasteiger partial charge in [-0.3, -0.25) is 4.79 Å². The van der Waals surface area contributed by atoms with Crippen LogP contribution in [0, 0.1) is 5.92 Å². The minimum Gasteiger partial charge on any atom is -0.497 e. The van der Waals surface area contributed by atoms with Crippen LogP contribution in [0.2, 0.25) is 0 Å². The topological polar surface area (TPSA) is 88.1 Å². The molecular formula is C14H21N3O3. The fourth-order valence-electron chi connectivity index (χ4n) is 1.79. The van der Waals surface area contributed by atoms with E-state index in [0.29, 0.717) is 24.4 Å². The van der Waals surface area contributed by atoms with Crippen molar-refractivity contribution in [1.82, 2.24) is 4.90 Å². The van der Waals surface area contributed by atoms with Crippen LogP contribution in [0.25, 0.3) is 0 Å². The lowest BCUT2D eigenvalue weighted by Gasteiger charge is -2.24. The summed E-state index contributed by atoms with van der Waals surface area (Å²) < 4.78 is 5.06. The molecule has 110 valence electrons. The highest BCUT2D eigenvalue weighted by atomic mass is 16.5. The number of benzene rings is 1. The Morgan fingerprint density at radius 2 is 2.05 bits per heavy atom. The van der Waals surface area contributed by atoms with Crippen molar-refractivity contribution < 1.29 is 14.7 Å². The Morgan fingerprint density at radius 3 is 2.50 bits per heavy atom. The maximum atomic E-state index is 12.4. The van der Waals surface area contributed by atoms with Crippen molar-refractivity contribution in [3.8, 4) is 5.75 Å². The van der Waals surface area contributed by atoms with Crippen LogP contribution in [0.3, 0.4) is 0 Å². The molecule has 20 heavy (non-hydrogen) atoms. The number of nitrogens with two attached hydrogens (primary N) is 1. The highest BCUT2D eigenvalue weighted by molar-refractivity contribution is 5.94. The van der Waals surface area contributed by atoms with Crippen molar-refractivity contribution >= 4 is 11.7 Å². The van der Waals surface area contributed by atoms with Crippen LogP contribution in [-0.4, -0.2) is 42.0 Å². The Balaban J connectivity index is 2.80. The number of carbonyl (C=O) groups is 1. The minimum atomic E-state index is -0.206. The van der Waals surface area contributed by atoms with E-state index in [0.717, 1.165) is 0 Å². The second-order valence-corrected chi connectivity index (χ2v) is 4.50. The lowest BCUT2D eigenvalue weighted by molar-refractivity contribution is 0.0754. The molecule has 0 saturated carbocycles. The Bertz CT molecular complexity index is 471. The van der Waals surface area contributed by atoms with Crippen LogP contribution in [0.15, 0.2) is 29.4 Å². The van der Waals surface area contributed by atoms with Crippen molar-refractivity contribution in [3.63, 3.8) is 0 Å². The van der Waals surface area contributed by atoms with Gasteiger partial charge in [-0.15, -0.1) is 0 Å². The maximum Gasteiger partial charge on any atom is 0.253 e. The lowest BCUT2D eigenvalue weighted by atomic mass is 10.1. The molecule has 1 atom stereocenters. The van der Waals surface area contributed by atoms with Gasteiger partial charge in [0.2, 0.25) is 0 Å². The lowest BCUT2D eigenvalue weighted by Crippen LogP contribution is -2.38. The van der Waals surface area contributed by atoms with Gasteiger partial charge in [-0.1, -0.05) is 12.1 Å². The number of hydrogen-bond donors (Lipinski definition) is 2. The summed E-state index contributed by atoms with van der Waals surface area (Å²) in [6, 6.07) is 6.93. The molecule has 0 aliphatic heterocycles. The summed E-state index contributed by atoms with van der Waals surface area (Å²) in [4.78, 5) is 14.0. The minimum absolute atomic E-state index is 0.0901. The molecule has 0 radical (unpaired) electrons. The van der Waals surface area contributed by atoms with E-state index in [1.54, 1.807) is 43.2 Å². The molecule has 0 saturated heterocycles. The molecule has 1 aromatic rings. The van der Waals surface area contributed by atoms with E-state index in [4.69, 9.17) is 15.7 Å². The number of nitrogens with zero attached hydrogens (tertiary/aromatic N) is 2. The van der Waals surface area contributed by atoms with Crippen LogP contribution < -0.4 is 10.5 Å². The molecule has 1 rings (SSSR count). The average Bonchev–Trinajstić information content (AvgIpc) is 2.50. The molecule has 3 N–H and O–H groups in total. The predicted molar refractivity (Wildman–Crippen MR) is 77.1 cm³/mol. The summed E-state index contributed by atoms with van der Waals surface area (Å²) >= 11 is 0. The van der Waals surface area contributed by atoms with Crippen molar-refractivity contribution in [3.05, 3.63) is 29.8 Å². The molecule has 0 aliphatic carbocycles. The number of amidine groups is 1. The number of methoxy groups -OCH3 is 1. The molecule has 1 amide bonds. The first-order valence-corrected chi connectivity index (χ1v) is 6.44. The van der Waals surface area contributed by atoms with E-state index in [-0.39, 0.29) is 17.7 Å². The fourth-order valence-corrected chi connectivity index (χ4v) is 1.79. The summed E-state index contributed by atoms with van der Waals surface area (Å²) in [6.07, 6.45) is 0. The van der Waals surface area contributed by atoms with Gasteiger partial charge in [0.1, 0.15) is 11.6 Å². The number of oxime groups is 1. The molecule has 6 heteroatoms. The van der Waals surface area contributed by atoms with Crippen LogP contribution in [0.5, 0.6) is 5.75 Å². The van der Waals surface area contributed by atoms with Crippen LogP contribution >= 0.6 is 0 Å². The molecule has 0 aliphatic rings. The zero-order chi connectivity index (χ0) is 15.1. The molecule has 1 unspecified atom stereocenters. The van der Waals surface area contributed by atoms with Gasteiger partial charge in [0, 0.05) is 24.6 Å². The quantitative estimate of drug-likeness (QED) is 0.358. The van der Waals surface area contributed by atoms with Gasteiger partial charge >= 0.3 is 0 Å². The van der Waals surface area contributed by atoms with Gasteiger partial charge in [-0.05, 0) is 31.2 Å². The molecule has 0 heterocycles. The summed E-state index contributed by atoms with van der Waals surface area (Å²) in [5, 5.41) is 11.6. The molecular weight excluding hydrogens is 258 g/mol. The van der Waals surface area contributed by atoms with E-state index in [2.05, 4.69) is 5.16 Å². The third-order valence-electron chi connectivity index (χ3n) is 3.12. The first-order chi connectivity index (χ1) is 9.53. The molecule has 0 spiro atoms. The van der Waals surface area contributed by atoms with E-state index >= 15 is 0 Å². The molecule has 0 fully saturated rings. The Kier molecular flexibility index (Phi) is 5.83. The van der Waals surface area contributed by atoms with E-state index < -0.39 is 0 Å². The van der Waals surface area contributed by atoms with Gasteiger partial charge in [0.05, 0.1) is 7.11 Å². The molecule has 0 bridgehead atoms. The van der Waals surface area contributed by atoms with Gasteiger partial charge in [0.25, 0.3) is 5.91 Å². The first-order valence-electron chi connectivity index (χ1n) is 6.44. The van der Waals surface area contributed by atoms with Crippen LogP contribution in [0.1, 0.15) is 24.2 Å². The summed E-state index contributed by atoms with van der Waals surface area (Å²) in [5.41, 5.74) is 6.12. The van der Waals surface area contributed by atoms with Gasteiger partial charge < -0.3 is 20.6 Å². The SMILES string of the molecule is CCN(CC(C)C(N)=NO)C(=O)c1ccc(OC)cc1. The zero-order valence-corrected chi connectivity index (χ0v) is 12.0. The molecule has 0 aromatic heterocycles. The zero-order valence-electron chi connectivity index (χ0n) is 12.0. The monoisotopic (exact) mass is 279 g/mol. The van der Waals surface area contributed by atoms with Gasteiger partial charge in [-0.25, -0.2) is 0 Å². The second-order valence-electron chi connectivity index (χ2n) is 4.50. The number of rotatable bonds is 6. The van der Waals surface area contributed by atoms with E-state index in [1.807, 2.05) is 6.92 Å². The fraction of sp³-hybridized carbons (Fsp3) is 0.429. The standard InChI is InChI=1S/C14H21N3O3/c1-4-17(9-10(2)13(15)16-19)14(18)11-5-7-12(20-3)8-6-11/h5-8,10,19H,4,9H2,1-3H3,(H2,15,16). The van der Waals surface area contributed by atoms with Gasteiger partial charge in [-0.2, -0.15) is 0 Å². The summed E-state index contributed by atoms with van der Waals surface area (Å²) in [7, 11) is 1.58. The Morgan fingerprint density at radius 1 is 1.45 bits per heavy atom. The highest BCUT2D eigenvalue weighted by Gasteiger charge is 2.18. The van der Waals surface area contributed by atoms with Crippen LogP contribution in [-0.2, 0) is 0 Å². The van der Waals surface area contributed by atoms with Crippen molar-refractivity contribution in [1.29, 1.82) is 0 Å². The van der Waals surface area contributed by atoms with Crippen molar-refractivity contribution in [2.75, 3.05) is 20.2 Å². The van der Waals surface area contributed by atoms with Gasteiger partial charge in [0.15, 0.2) is 0 Å². The summed E-state index contributed by atoms with van der Waals surface area (Å²) in [5.74, 6) is 0.524. The predicted octanol–water partition coefficient (Wildman–Crippen LogP) is 1.54. The average molecular weight is 279 g/mol. The van der Waals surface area contributed by atoms with E-state index in [1.165, 1.54) is 0 Å². The van der Waals surface area contributed by atoms with E-state index in [9.17, 15) is 4.79 Å². The largest absolute Gasteiger partial charge is 0.497 e. The smallest absolute Gasteiger partial charge is 0.253 e. The molecule has 1 aromatic carbocycles. The number of ether oxygens (including phenoxy) is 1. The van der Waals surface area contributed by atoms with Crippen LogP contribution in [0.4, 0.5) is 0 Å². The Hall–Kier alpha value is -2.24. The Labute approximate surface area is 118 Å². The molecule has 6 nitrogen and oxygen atoms in total. The third kappa shape index (κ3) is 3.88. The summed E-state index contributed by atoms with van der Waals surface area (Å²) in [6.45, 7) is 4.64. The number of amides is 1. The second kappa shape index (κ2) is 7.37. The first kappa shape index (κ1) is 15.8. The van der Waals surface area contributed by atoms with Crippen molar-refractivity contribution in [2.24, 2.45) is 16.8 Å². The normalized spacial score (nSPS) is 12.8. The highest BCUT2D eigenvalue weighted by Crippen LogP contribution is 2.14. The third-order valence-corrected chi connectivity index (χ3v) is 3.12. The van der Waals surface area contributed by atoms with Crippen molar-refractivity contribution in [2.45, 2.75) is 13.8 Å². The maximum absolute atomic E-state index is 12.4. The number of carbonyl (C=O) groups excluding carboxylic acids is 1.